The third-order valence-corrected chi connectivity index (χ3v) is 4.13. The summed E-state index contributed by atoms with van der Waals surface area (Å²) in [7, 11) is 2.18. The van der Waals surface area contributed by atoms with Gasteiger partial charge in [-0.1, -0.05) is 17.7 Å². The Morgan fingerprint density at radius 2 is 2.20 bits per heavy atom. The first-order valence-corrected chi connectivity index (χ1v) is 5.71. The van der Waals surface area contributed by atoms with E-state index in [0.29, 0.717) is 11.5 Å². The molecule has 1 heterocycles. The first-order chi connectivity index (χ1) is 7.13. The summed E-state index contributed by atoms with van der Waals surface area (Å²) < 4.78 is 0. The Morgan fingerprint density at radius 1 is 1.47 bits per heavy atom. The van der Waals surface area contributed by atoms with E-state index < -0.39 is 0 Å². The molecule has 0 amide bonds. The molecular formula is C13H18N2. The lowest BCUT2D eigenvalue weighted by Gasteiger charge is -2.34. The average molecular weight is 202 g/mol. The van der Waals surface area contributed by atoms with E-state index in [1.807, 2.05) is 0 Å². The number of nitrogens with zero attached hydrogens (tertiary/aromatic N) is 1. The predicted octanol–water partition coefficient (Wildman–Crippen LogP) is 1.80. The number of hydrogen-bond donors (Lipinski definition) is 1. The number of rotatable bonds is 0. The van der Waals surface area contributed by atoms with Crippen LogP contribution in [0, 0.1) is 6.92 Å². The van der Waals surface area contributed by atoms with Gasteiger partial charge in [0.15, 0.2) is 0 Å². The SMILES string of the molecule is Cc1ccc2c(c1)C1(CCN2C)CC1N. The van der Waals surface area contributed by atoms with Crippen molar-refractivity contribution >= 4 is 5.69 Å². The topological polar surface area (TPSA) is 29.3 Å². The smallest absolute Gasteiger partial charge is 0.0402 e. The van der Waals surface area contributed by atoms with Crippen molar-refractivity contribution in [2.24, 2.45) is 5.73 Å². The second kappa shape index (κ2) is 2.76. The van der Waals surface area contributed by atoms with Crippen LogP contribution in [0.5, 0.6) is 0 Å². The van der Waals surface area contributed by atoms with Gasteiger partial charge in [0, 0.05) is 30.7 Å². The van der Waals surface area contributed by atoms with Crippen molar-refractivity contribution in [1.82, 2.24) is 0 Å². The molecule has 80 valence electrons. The summed E-state index contributed by atoms with van der Waals surface area (Å²) in [6.45, 7) is 3.31. The quantitative estimate of drug-likeness (QED) is 0.695. The Labute approximate surface area is 91.1 Å². The van der Waals surface area contributed by atoms with Crippen molar-refractivity contribution in [3.8, 4) is 0 Å². The van der Waals surface area contributed by atoms with Gasteiger partial charge in [0.2, 0.25) is 0 Å². The van der Waals surface area contributed by atoms with Gasteiger partial charge in [-0.2, -0.15) is 0 Å². The lowest BCUT2D eigenvalue weighted by molar-refractivity contribution is 0.565. The lowest BCUT2D eigenvalue weighted by atomic mass is 9.85. The third-order valence-electron chi connectivity index (χ3n) is 4.13. The number of nitrogens with two attached hydrogens (primary N) is 1. The summed E-state index contributed by atoms with van der Waals surface area (Å²) >= 11 is 0. The van der Waals surface area contributed by atoms with Crippen molar-refractivity contribution in [3.63, 3.8) is 0 Å². The highest BCUT2D eigenvalue weighted by atomic mass is 15.1. The summed E-state index contributed by atoms with van der Waals surface area (Å²) in [5.74, 6) is 0. The van der Waals surface area contributed by atoms with Crippen LogP contribution in [0.1, 0.15) is 24.0 Å². The zero-order valence-electron chi connectivity index (χ0n) is 9.46. The molecule has 15 heavy (non-hydrogen) atoms. The van der Waals surface area contributed by atoms with Crippen molar-refractivity contribution in [2.75, 3.05) is 18.5 Å². The largest absolute Gasteiger partial charge is 0.374 e. The van der Waals surface area contributed by atoms with Crippen LogP contribution < -0.4 is 10.6 Å². The molecule has 3 rings (SSSR count). The molecule has 2 aliphatic rings. The molecule has 1 saturated carbocycles. The maximum Gasteiger partial charge on any atom is 0.0402 e. The van der Waals surface area contributed by atoms with E-state index in [1.165, 1.54) is 29.7 Å². The van der Waals surface area contributed by atoms with Gasteiger partial charge in [-0.15, -0.1) is 0 Å². The summed E-state index contributed by atoms with van der Waals surface area (Å²) in [5, 5.41) is 0. The first-order valence-electron chi connectivity index (χ1n) is 5.71. The first kappa shape index (κ1) is 9.22. The van der Waals surface area contributed by atoms with Crippen LogP contribution in [0.3, 0.4) is 0 Å². The molecule has 1 aromatic rings. The van der Waals surface area contributed by atoms with Gasteiger partial charge in [0.25, 0.3) is 0 Å². The van der Waals surface area contributed by atoms with E-state index in [-0.39, 0.29) is 0 Å². The van der Waals surface area contributed by atoms with Crippen molar-refractivity contribution in [3.05, 3.63) is 29.3 Å². The van der Waals surface area contributed by atoms with Crippen LogP contribution in [0.2, 0.25) is 0 Å². The summed E-state index contributed by atoms with van der Waals surface area (Å²) in [4.78, 5) is 2.35. The molecule has 0 aromatic heterocycles. The molecule has 2 heteroatoms. The Bertz CT molecular complexity index is 413. The van der Waals surface area contributed by atoms with Gasteiger partial charge in [0.1, 0.15) is 0 Å². The van der Waals surface area contributed by atoms with E-state index >= 15 is 0 Å². The van der Waals surface area contributed by atoms with E-state index in [4.69, 9.17) is 5.73 Å². The summed E-state index contributed by atoms with van der Waals surface area (Å²) in [5.41, 5.74) is 10.7. The number of fused-ring (bicyclic) bond motifs is 2. The molecule has 0 radical (unpaired) electrons. The minimum atomic E-state index is 0.327. The maximum atomic E-state index is 6.12. The summed E-state index contributed by atoms with van der Waals surface area (Å²) in [6.07, 6.45) is 2.40. The summed E-state index contributed by atoms with van der Waals surface area (Å²) in [6, 6.07) is 7.17. The molecule has 1 aliphatic heterocycles. The molecule has 2 nitrogen and oxygen atoms in total. The normalized spacial score (nSPS) is 33.0. The van der Waals surface area contributed by atoms with E-state index in [9.17, 15) is 0 Å². The van der Waals surface area contributed by atoms with Crippen LogP contribution in [0.25, 0.3) is 0 Å². The van der Waals surface area contributed by atoms with Crippen LogP contribution >= 0.6 is 0 Å². The highest BCUT2D eigenvalue weighted by Gasteiger charge is 2.55. The Morgan fingerprint density at radius 3 is 2.87 bits per heavy atom. The van der Waals surface area contributed by atoms with Gasteiger partial charge in [-0.3, -0.25) is 0 Å². The third kappa shape index (κ3) is 1.14. The second-order valence-electron chi connectivity index (χ2n) is 5.16. The molecule has 1 aliphatic carbocycles. The number of benzene rings is 1. The predicted molar refractivity (Wildman–Crippen MR) is 63.3 cm³/mol. The van der Waals surface area contributed by atoms with Crippen molar-refractivity contribution < 1.29 is 0 Å². The lowest BCUT2D eigenvalue weighted by Crippen LogP contribution is -2.34. The fourth-order valence-electron chi connectivity index (χ4n) is 2.93. The molecule has 2 unspecified atom stereocenters. The number of aryl methyl sites for hydroxylation is 1. The minimum absolute atomic E-state index is 0.327. The molecule has 2 N–H and O–H groups in total. The van der Waals surface area contributed by atoms with E-state index in [2.05, 4.69) is 37.1 Å². The average Bonchev–Trinajstić information content (AvgIpc) is 2.85. The van der Waals surface area contributed by atoms with E-state index in [1.54, 1.807) is 0 Å². The highest BCUT2D eigenvalue weighted by molar-refractivity contribution is 5.62. The zero-order valence-corrected chi connectivity index (χ0v) is 9.46. The van der Waals surface area contributed by atoms with Crippen LogP contribution in [-0.4, -0.2) is 19.6 Å². The number of anilines is 1. The highest BCUT2D eigenvalue weighted by Crippen LogP contribution is 2.55. The van der Waals surface area contributed by atoms with Gasteiger partial charge >= 0.3 is 0 Å². The minimum Gasteiger partial charge on any atom is -0.374 e. The number of hydrogen-bond acceptors (Lipinski definition) is 2. The van der Waals surface area contributed by atoms with Crippen LogP contribution in [-0.2, 0) is 5.41 Å². The van der Waals surface area contributed by atoms with Crippen molar-refractivity contribution in [2.45, 2.75) is 31.2 Å². The fourth-order valence-corrected chi connectivity index (χ4v) is 2.93. The van der Waals surface area contributed by atoms with Crippen molar-refractivity contribution in [1.29, 1.82) is 0 Å². The van der Waals surface area contributed by atoms with E-state index in [0.717, 1.165) is 6.54 Å². The Hall–Kier alpha value is -1.02. The maximum absolute atomic E-state index is 6.12. The molecule has 1 spiro atoms. The van der Waals surface area contributed by atoms with Crippen LogP contribution in [0.4, 0.5) is 5.69 Å². The standard InChI is InChI=1S/C13H18N2/c1-9-3-4-11-10(7-9)13(8-12(13)14)5-6-15(11)2/h3-4,7,12H,5-6,8,14H2,1-2H3. The molecular weight excluding hydrogens is 184 g/mol. The van der Waals surface area contributed by atoms with Gasteiger partial charge in [0.05, 0.1) is 0 Å². The molecule has 0 bridgehead atoms. The Balaban J connectivity index is 2.16. The van der Waals surface area contributed by atoms with Gasteiger partial charge in [-0.25, -0.2) is 0 Å². The second-order valence-corrected chi connectivity index (χ2v) is 5.16. The fraction of sp³-hybridized carbons (Fsp3) is 0.538. The Kier molecular flexibility index (Phi) is 1.70. The van der Waals surface area contributed by atoms with Gasteiger partial charge < -0.3 is 10.6 Å². The van der Waals surface area contributed by atoms with Crippen LogP contribution in [0.15, 0.2) is 18.2 Å². The molecule has 2 atom stereocenters. The molecule has 1 fully saturated rings. The molecule has 1 aromatic carbocycles. The van der Waals surface area contributed by atoms with Gasteiger partial charge in [-0.05, 0) is 31.4 Å². The zero-order chi connectivity index (χ0) is 10.6. The monoisotopic (exact) mass is 202 g/mol. The molecule has 0 saturated heterocycles.